The fraction of sp³-hybridized carbons (Fsp3) is 0.583. The van der Waals surface area contributed by atoms with Crippen molar-refractivity contribution in [2.75, 3.05) is 32.1 Å². The average Bonchev–Trinajstić information content (AvgIpc) is 2.77. The molecule has 2 N–H and O–H groups in total. The number of nitrogens with one attached hydrogen (secondary N) is 1. The smallest absolute Gasteiger partial charge is 0.321 e. The summed E-state index contributed by atoms with van der Waals surface area (Å²) in [5.41, 5.74) is 0.618. The zero-order chi connectivity index (χ0) is 14.5. The standard InChI is InChI=1S/C12H18N4O4/c1-20-3-2-16-8-10(5-13-16)14-12(19)15-6-9(7-15)4-11(17)18/h5,8-9H,2-4,6-7H2,1H3,(H,14,19)(H,17,18). The van der Waals surface area contributed by atoms with E-state index in [1.807, 2.05) is 0 Å². The molecule has 1 aliphatic heterocycles. The molecule has 2 amide bonds. The van der Waals surface area contributed by atoms with Crippen LogP contribution in [-0.2, 0) is 16.1 Å². The summed E-state index contributed by atoms with van der Waals surface area (Å²) in [5, 5.41) is 15.5. The first-order chi connectivity index (χ1) is 9.58. The molecule has 2 rings (SSSR count). The Labute approximate surface area is 116 Å². The molecule has 20 heavy (non-hydrogen) atoms. The number of amides is 2. The first-order valence-electron chi connectivity index (χ1n) is 6.37. The summed E-state index contributed by atoms with van der Waals surface area (Å²) in [4.78, 5) is 24.0. The molecular formula is C12H18N4O4. The van der Waals surface area contributed by atoms with Gasteiger partial charge < -0.3 is 20.1 Å². The van der Waals surface area contributed by atoms with Crippen molar-refractivity contribution in [2.24, 2.45) is 5.92 Å². The Balaban J connectivity index is 1.75. The molecule has 0 aliphatic carbocycles. The van der Waals surface area contributed by atoms with E-state index in [1.54, 1.807) is 29.1 Å². The summed E-state index contributed by atoms with van der Waals surface area (Å²) in [6, 6.07) is -0.224. The molecule has 0 saturated carbocycles. The average molecular weight is 282 g/mol. The van der Waals surface area contributed by atoms with Gasteiger partial charge in [0.15, 0.2) is 0 Å². The number of carboxylic acids is 1. The summed E-state index contributed by atoms with van der Waals surface area (Å²) in [7, 11) is 1.61. The third kappa shape index (κ3) is 3.70. The van der Waals surface area contributed by atoms with Gasteiger partial charge in [-0.15, -0.1) is 0 Å². The number of hydrogen-bond acceptors (Lipinski definition) is 4. The van der Waals surface area contributed by atoms with Crippen molar-refractivity contribution in [2.45, 2.75) is 13.0 Å². The number of carbonyl (C=O) groups excluding carboxylic acids is 1. The summed E-state index contributed by atoms with van der Waals surface area (Å²) < 4.78 is 6.62. The van der Waals surface area contributed by atoms with Gasteiger partial charge in [0.2, 0.25) is 0 Å². The lowest BCUT2D eigenvalue weighted by Gasteiger charge is -2.38. The summed E-state index contributed by atoms with van der Waals surface area (Å²) in [6.07, 6.45) is 3.41. The van der Waals surface area contributed by atoms with E-state index >= 15 is 0 Å². The van der Waals surface area contributed by atoms with Crippen molar-refractivity contribution in [3.63, 3.8) is 0 Å². The quantitative estimate of drug-likeness (QED) is 0.790. The number of aromatic nitrogens is 2. The Morgan fingerprint density at radius 2 is 2.30 bits per heavy atom. The first-order valence-corrected chi connectivity index (χ1v) is 6.37. The molecule has 0 atom stereocenters. The molecule has 1 saturated heterocycles. The van der Waals surface area contributed by atoms with Gasteiger partial charge in [-0.25, -0.2) is 4.79 Å². The highest BCUT2D eigenvalue weighted by atomic mass is 16.5. The van der Waals surface area contributed by atoms with Gasteiger partial charge in [-0.3, -0.25) is 9.48 Å². The third-order valence-corrected chi connectivity index (χ3v) is 3.12. The second kappa shape index (κ2) is 6.38. The van der Waals surface area contributed by atoms with Crippen LogP contribution in [0.4, 0.5) is 10.5 Å². The second-order valence-electron chi connectivity index (χ2n) is 4.78. The normalized spacial score (nSPS) is 14.9. The SMILES string of the molecule is COCCn1cc(NC(=O)N2CC(CC(=O)O)C2)cn1. The minimum atomic E-state index is -0.825. The number of methoxy groups -OCH3 is 1. The van der Waals surface area contributed by atoms with Crippen LogP contribution in [0.1, 0.15) is 6.42 Å². The number of hydrogen-bond donors (Lipinski definition) is 2. The van der Waals surface area contributed by atoms with Crippen molar-refractivity contribution in [3.05, 3.63) is 12.4 Å². The molecule has 1 aliphatic rings. The number of aliphatic carboxylic acids is 1. The molecule has 110 valence electrons. The van der Waals surface area contributed by atoms with Gasteiger partial charge in [-0.2, -0.15) is 5.10 Å². The van der Waals surface area contributed by atoms with E-state index in [0.717, 1.165) is 0 Å². The van der Waals surface area contributed by atoms with E-state index in [1.165, 1.54) is 0 Å². The van der Waals surface area contributed by atoms with E-state index < -0.39 is 5.97 Å². The number of nitrogens with zero attached hydrogens (tertiary/aromatic N) is 3. The molecule has 2 heterocycles. The number of anilines is 1. The van der Waals surface area contributed by atoms with Gasteiger partial charge in [-0.05, 0) is 0 Å². The zero-order valence-corrected chi connectivity index (χ0v) is 11.3. The van der Waals surface area contributed by atoms with Gasteiger partial charge >= 0.3 is 12.0 Å². The summed E-state index contributed by atoms with van der Waals surface area (Å²) >= 11 is 0. The van der Waals surface area contributed by atoms with Crippen molar-refractivity contribution in [1.82, 2.24) is 14.7 Å². The largest absolute Gasteiger partial charge is 0.481 e. The lowest BCUT2D eigenvalue weighted by Crippen LogP contribution is -2.52. The monoisotopic (exact) mass is 282 g/mol. The van der Waals surface area contributed by atoms with Gasteiger partial charge in [0, 0.05) is 32.3 Å². The van der Waals surface area contributed by atoms with Crippen LogP contribution < -0.4 is 5.32 Å². The summed E-state index contributed by atoms with van der Waals surface area (Å²) in [6.45, 7) is 2.14. The minimum Gasteiger partial charge on any atom is -0.481 e. The molecule has 1 fully saturated rings. The van der Waals surface area contributed by atoms with Crippen molar-refractivity contribution >= 4 is 17.7 Å². The van der Waals surface area contributed by atoms with Crippen LogP contribution in [0.2, 0.25) is 0 Å². The molecule has 0 spiro atoms. The lowest BCUT2D eigenvalue weighted by atomic mass is 9.97. The van der Waals surface area contributed by atoms with Gasteiger partial charge in [0.25, 0.3) is 0 Å². The molecule has 0 aromatic carbocycles. The molecule has 8 heteroatoms. The number of rotatable bonds is 6. The number of likely N-dealkylation sites (tertiary alicyclic amines) is 1. The maximum atomic E-state index is 11.9. The van der Waals surface area contributed by atoms with Crippen LogP contribution in [-0.4, -0.2) is 58.6 Å². The molecule has 1 aromatic rings. The Hall–Kier alpha value is -2.09. The Morgan fingerprint density at radius 1 is 1.55 bits per heavy atom. The Kier molecular flexibility index (Phi) is 4.57. The highest BCUT2D eigenvalue weighted by Gasteiger charge is 2.32. The van der Waals surface area contributed by atoms with Crippen molar-refractivity contribution < 1.29 is 19.4 Å². The fourth-order valence-corrected chi connectivity index (χ4v) is 2.05. The van der Waals surface area contributed by atoms with Crippen LogP contribution in [0, 0.1) is 5.92 Å². The number of carbonyl (C=O) groups is 2. The van der Waals surface area contributed by atoms with Gasteiger partial charge in [-0.1, -0.05) is 0 Å². The molecule has 0 radical (unpaired) electrons. The third-order valence-electron chi connectivity index (χ3n) is 3.12. The Morgan fingerprint density at radius 3 is 2.95 bits per heavy atom. The predicted molar refractivity (Wildman–Crippen MR) is 70.4 cm³/mol. The minimum absolute atomic E-state index is 0.0580. The number of urea groups is 1. The van der Waals surface area contributed by atoms with Crippen molar-refractivity contribution in [3.8, 4) is 0 Å². The molecular weight excluding hydrogens is 264 g/mol. The Bertz CT molecular complexity index is 482. The fourth-order valence-electron chi connectivity index (χ4n) is 2.05. The van der Waals surface area contributed by atoms with E-state index in [-0.39, 0.29) is 18.4 Å². The second-order valence-corrected chi connectivity index (χ2v) is 4.78. The number of ether oxygens (including phenoxy) is 1. The van der Waals surface area contributed by atoms with Crippen LogP contribution in [0.15, 0.2) is 12.4 Å². The van der Waals surface area contributed by atoms with E-state index in [4.69, 9.17) is 9.84 Å². The maximum Gasteiger partial charge on any atom is 0.321 e. The highest BCUT2D eigenvalue weighted by Crippen LogP contribution is 2.20. The van der Waals surface area contributed by atoms with Crippen LogP contribution in [0.5, 0.6) is 0 Å². The zero-order valence-electron chi connectivity index (χ0n) is 11.3. The van der Waals surface area contributed by atoms with Crippen LogP contribution in [0.25, 0.3) is 0 Å². The van der Waals surface area contributed by atoms with E-state index in [0.29, 0.717) is 31.9 Å². The van der Waals surface area contributed by atoms with Crippen LogP contribution in [0.3, 0.4) is 0 Å². The first kappa shape index (κ1) is 14.3. The van der Waals surface area contributed by atoms with Gasteiger partial charge in [0.1, 0.15) is 0 Å². The van der Waals surface area contributed by atoms with Crippen LogP contribution >= 0.6 is 0 Å². The van der Waals surface area contributed by atoms with Gasteiger partial charge in [0.05, 0.1) is 31.5 Å². The molecule has 1 aromatic heterocycles. The predicted octanol–water partition coefficient (Wildman–Crippen LogP) is 0.468. The maximum absolute atomic E-state index is 11.9. The summed E-state index contributed by atoms with van der Waals surface area (Å²) in [5.74, 6) is -0.767. The van der Waals surface area contributed by atoms with Crippen molar-refractivity contribution in [1.29, 1.82) is 0 Å². The topological polar surface area (TPSA) is 96.7 Å². The molecule has 0 bridgehead atoms. The van der Waals surface area contributed by atoms with E-state index in [2.05, 4.69) is 10.4 Å². The molecule has 8 nitrogen and oxygen atoms in total. The highest BCUT2D eigenvalue weighted by molar-refractivity contribution is 5.89. The lowest BCUT2D eigenvalue weighted by molar-refractivity contribution is -0.139. The van der Waals surface area contributed by atoms with E-state index in [9.17, 15) is 9.59 Å². The molecule has 0 unspecified atom stereocenters. The number of carboxylic acid groups (broad SMARTS) is 1.